The average Bonchev–Trinajstić information content (AvgIpc) is 2.78. The predicted molar refractivity (Wildman–Crippen MR) is 114 cm³/mol. The summed E-state index contributed by atoms with van der Waals surface area (Å²) in [5.41, 5.74) is 3.69. The SMILES string of the molecule is O=C(NNc1ncnc(N2CCN(CCO)CC2)c1[N+](=O)[O-])c1ccc(Cl)c([N+](=O)[O-])c1. The molecule has 1 aromatic carbocycles. The zero-order valence-electron chi connectivity index (χ0n) is 16.6. The number of rotatable bonds is 8. The molecule has 1 fully saturated rings. The van der Waals surface area contributed by atoms with Gasteiger partial charge in [-0.05, 0) is 12.1 Å². The maximum atomic E-state index is 12.4. The maximum absolute atomic E-state index is 12.4. The van der Waals surface area contributed by atoms with Gasteiger partial charge < -0.3 is 10.0 Å². The number of hydrogen-bond acceptors (Lipinski definition) is 11. The number of aromatic nitrogens is 2. The number of halogens is 1. The molecule has 1 aliphatic heterocycles. The number of β-amino-alcohol motifs (C(OH)–C–C–N with tert-alkyl or cyclic N) is 1. The monoisotopic (exact) mass is 466 g/mol. The van der Waals surface area contributed by atoms with Crippen molar-refractivity contribution in [2.45, 2.75) is 0 Å². The molecule has 0 aliphatic carbocycles. The molecule has 0 saturated carbocycles. The van der Waals surface area contributed by atoms with Crippen LogP contribution in [-0.2, 0) is 0 Å². The molecule has 15 heteroatoms. The van der Waals surface area contributed by atoms with Gasteiger partial charge in [0.1, 0.15) is 11.3 Å². The van der Waals surface area contributed by atoms with E-state index in [1.165, 1.54) is 12.1 Å². The summed E-state index contributed by atoms with van der Waals surface area (Å²) in [7, 11) is 0. The molecule has 2 heterocycles. The molecule has 32 heavy (non-hydrogen) atoms. The van der Waals surface area contributed by atoms with Gasteiger partial charge >= 0.3 is 5.69 Å². The Balaban J connectivity index is 1.77. The number of carbonyl (C=O) groups is 1. The number of hydrazine groups is 1. The summed E-state index contributed by atoms with van der Waals surface area (Å²) in [4.78, 5) is 45.4. The summed E-state index contributed by atoms with van der Waals surface area (Å²) in [6.07, 6.45) is 1.13. The molecular weight excluding hydrogens is 448 g/mol. The Morgan fingerprint density at radius 1 is 1.16 bits per heavy atom. The Morgan fingerprint density at radius 2 is 1.88 bits per heavy atom. The number of nitrogens with one attached hydrogen (secondary N) is 2. The molecule has 2 aromatic rings. The van der Waals surface area contributed by atoms with Gasteiger partial charge in [-0.2, -0.15) is 0 Å². The number of hydrogen-bond donors (Lipinski definition) is 3. The van der Waals surface area contributed by atoms with Gasteiger partial charge in [-0.1, -0.05) is 11.6 Å². The molecule has 1 aliphatic rings. The van der Waals surface area contributed by atoms with Crippen LogP contribution in [0.2, 0.25) is 5.02 Å². The normalized spacial score (nSPS) is 14.1. The van der Waals surface area contributed by atoms with Crippen LogP contribution in [0.5, 0.6) is 0 Å². The van der Waals surface area contributed by atoms with Crippen LogP contribution in [0.3, 0.4) is 0 Å². The fraction of sp³-hybridized carbons (Fsp3) is 0.353. The fourth-order valence-corrected chi connectivity index (χ4v) is 3.35. The van der Waals surface area contributed by atoms with E-state index in [4.69, 9.17) is 16.7 Å². The molecule has 0 unspecified atom stereocenters. The number of carbonyl (C=O) groups excluding carboxylic acids is 1. The largest absolute Gasteiger partial charge is 0.395 e. The van der Waals surface area contributed by atoms with Crippen LogP contribution in [0, 0.1) is 20.2 Å². The number of benzene rings is 1. The number of nitrogens with zero attached hydrogens (tertiary/aromatic N) is 6. The van der Waals surface area contributed by atoms with E-state index in [9.17, 15) is 25.0 Å². The van der Waals surface area contributed by atoms with E-state index in [0.717, 1.165) is 12.4 Å². The third kappa shape index (κ3) is 5.16. The summed E-state index contributed by atoms with van der Waals surface area (Å²) < 4.78 is 0. The van der Waals surface area contributed by atoms with Crippen molar-refractivity contribution in [3.8, 4) is 0 Å². The van der Waals surface area contributed by atoms with Crippen LogP contribution in [0.1, 0.15) is 10.4 Å². The lowest BCUT2D eigenvalue weighted by Crippen LogP contribution is -2.47. The fourth-order valence-electron chi connectivity index (χ4n) is 3.17. The van der Waals surface area contributed by atoms with Crippen molar-refractivity contribution >= 4 is 40.5 Å². The topological polar surface area (TPSA) is 180 Å². The first-order chi connectivity index (χ1) is 15.3. The van der Waals surface area contributed by atoms with Crippen molar-refractivity contribution in [2.24, 2.45) is 0 Å². The summed E-state index contributed by atoms with van der Waals surface area (Å²) >= 11 is 5.74. The van der Waals surface area contributed by atoms with Crippen molar-refractivity contribution in [1.82, 2.24) is 20.3 Å². The van der Waals surface area contributed by atoms with Crippen LogP contribution in [0.4, 0.5) is 23.0 Å². The van der Waals surface area contributed by atoms with E-state index < -0.39 is 27.1 Å². The van der Waals surface area contributed by atoms with Crippen molar-refractivity contribution in [2.75, 3.05) is 49.7 Å². The smallest absolute Gasteiger partial charge is 0.355 e. The molecule has 0 spiro atoms. The third-order valence-corrected chi connectivity index (χ3v) is 5.09. The number of amides is 1. The minimum Gasteiger partial charge on any atom is -0.395 e. The van der Waals surface area contributed by atoms with Gasteiger partial charge in [0.2, 0.25) is 11.6 Å². The van der Waals surface area contributed by atoms with Gasteiger partial charge in [0.25, 0.3) is 11.6 Å². The second-order valence-electron chi connectivity index (χ2n) is 6.71. The molecule has 1 saturated heterocycles. The van der Waals surface area contributed by atoms with Crippen LogP contribution in [0.25, 0.3) is 0 Å². The Hall–Kier alpha value is -3.62. The van der Waals surface area contributed by atoms with E-state index >= 15 is 0 Å². The first-order valence-corrected chi connectivity index (χ1v) is 9.77. The molecule has 3 N–H and O–H groups in total. The summed E-state index contributed by atoms with van der Waals surface area (Å²) in [5.74, 6) is -0.932. The highest BCUT2D eigenvalue weighted by Crippen LogP contribution is 2.32. The molecule has 0 atom stereocenters. The Morgan fingerprint density at radius 3 is 2.50 bits per heavy atom. The van der Waals surface area contributed by atoms with E-state index in [1.807, 2.05) is 4.90 Å². The first kappa shape index (κ1) is 23.1. The van der Waals surface area contributed by atoms with E-state index in [-0.39, 0.29) is 28.8 Å². The predicted octanol–water partition coefficient (Wildman–Crippen LogP) is 0.818. The third-order valence-electron chi connectivity index (χ3n) is 4.77. The lowest BCUT2D eigenvalue weighted by molar-refractivity contribution is -0.384. The van der Waals surface area contributed by atoms with Crippen LogP contribution >= 0.6 is 11.6 Å². The van der Waals surface area contributed by atoms with Crippen molar-refractivity contribution in [3.63, 3.8) is 0 Å². The number of piperazine rings is 1. The molecular formula is C17H19ClN8O6. The first-order valence-electron chi connectivity index (χ1n) is 9.39. The van der Waals surface area contributed by atoms with E-state index in [2.05, 4.69) is 20.8 Å². The van der Waals surface area contributed by atoms with E-state index in [0.29, 0.717) is 32.7 Å². The van der Waals surface area contributed by atoms with Gasteiger partial charge in [-0.3, -0.25) is 40.8 Å². The average molecular weight is 467 g/mol. The lowest BCUT2D eigenvalue weighted by atomic mass is 10.2. The Kier molecular flexibility index (Phi) is 7.29. The summed E-state index contributed by atoms with van der Waals surface area (Å²) in [6, 6.07) is 3.47. The number of anilines is 2. The van der Waals surface area contributed by atoms with Crippen LogP contribution in [-0.4, -0.2) is 75.1 Å². The molecule has 0 radical (unpaired) electrons. The van der Waals surface area contributed by atoms with Crippen molar-refractivity contribution in [1.29, 1.82) is 0 Å². The Bertz CT molecular complexity index is 1030. The number of aliphatic hydroxyl groups excluding tert-OH is 1. The maximum Gasteiger partial charge on any atom is 0.355 e. The minimum atomic E-state index is -0.781. The standard InChI is InChI=1S/C17H19ClN8O6/c18-12-2-1-11(9-13(12)25(29)30)17(28)22-21-15-14(26(31)32)16(20-10-19-15)24-5-3-23(4-6-24)7-8-27/h1-2,9-10,27H,3-8H2,(H,22,28)(H,19,20,21). The molecule has 1 amide bonds. The molecule has 0 bridgehead atoms. The quantitative estimate of drug-likeness (QED) is 0.370. The number of nitro benzene ring substituents is 1. The minimum absolute atomic E-state index is 0.0260. The number of nitro groups is 2. The zero-order valence-corrected chi connectivity index (χ0v) is 17.4. The molecule has 170 valence electrons. The van der Waals surface area contributed by atoms with E-state index in [1.54, 1.807) is 4.90 Å². The highest BCUT2D eigenvalue weighted by Gasteiger charge is 2.29. The zero-order chi connectivity index (χ0) is 23.3. The van der Waals surface area contributed by atoms with Crippen molar-refractivity contribution in [3.05, 3.63) is 55.3 Å². The second kappa shape index (κ2) is 10.1. The van der Waals surface area contributed by atoms with Gasteiger partial charge in [0.15, 0.2) is 0 Å². The highest BCUT2D eigenvalue weighted by atomic mass is 35.5. The van der Waals surface area contributed by atoms with Gasteiger partial charge in [0.05, 0.1) is 16.5 Å². The van der Waals surface area contributed by atoms with Gasteiger partial charge in [0, 0.05) is 44.4 Å². The van der Waals surface area contributed by atoms with Gasteiger partial charge in [-0.25, -0.2) is 9.97 Å². The Labute approximate surface area is 186 Å². The lowest BCUT2D eigenvalue weighted by Gasteiger charge is -2.34. The summed E-state index contributed by atoms with van der Waals surface area (Å²) in [5, 5.41) is 31.7. The van der Waals surface area contributed by atoms with Crippen LogP contribution < -0.4 is 15.8 Å². The second-order valence-corrected chi connectivity index (χ2v) is 7.11. The summed E-state index contributed by atoms with van der Waals surface area (Å²) in [6.45, 7) is 2.64. The van der Waals surface area contributed by atoms with Crippen molar-refractivity contribution < 1.29 is 19.7 Å². The van der Waals surface area contributed by atoms with Gasteiger partial charge in [-0.15, -0.1) is 0 Å². The number of aliphatic hydroxyl groups is 1. The highest BCUT2D eigenvalue weighted by molar-refractivity contribution is 6.32. The molecule has 1 aromatic heterocycles. The van der Waals surface area contributed by atoms with Crippen LogP contribution in [0.15, 0.2) is 24.5 Å². The molecule has 3 rings (SSSR count). The molecule has 14 nitrogen and oxygen atoms in total.